The van der Waals surface area contributed by atoms with E-state index in [9.17, 15) is 4.79 Å². The van der Waals surface area contributed by atoms with Crippen LogP contribution in [0.4, 0.5) is 0 Å². The number of benzene rings is 2. The van der Waals surface area contributed by atoms with Crippen LogP contribution >= 0.6 is 0 Å². The van der Waals surface area contributed by atoms with Gasteiger partial charge >= 0.3 is 0 Å². The van der Waals surface area contributed by atoms with Gasteiger partial charge in [-0.15, -0.1) is 0 Å². The first-order valence-electron chi connectivity index (χ1n) is 7.42. The predicted molar refractivity (Wildman–Crippen MR) is 82.8 cm³/mol. The SMILES string of the molecule is C[C@@H]1C[C@H](C)CN(C(=O)c2cccc3ccccc23)C1. The minimum Gasteiger partial charge on any atom is -0.338 e. The molecule has 0 spiro atoms. The second-order valence-electron chi connectivity index (χ2n) is 6.18. The van der Waals surface area contributed by atoms with Crippen molar-refractivity contribution in [2.45, 2.75) is 20.3 Å². The molecule has 1 heterocycles. The summed E-state index contributed by atoms with van der Waals surface area (Å²) in [6.45, 7) is 6.23. The molecule has 2 atom stereocenters. The van der Waals surface area contributed by atoms with Crippen molar-refractivity contribution in [1.82, 2.24) is 4.90 Å². The normalized spacial score (nSPS) is 23.0. The van der Waals surface area contributed by atoms with Crippen LogP contribution in [0.5, 0.6) is 0 Å². The average molecular weight is 267 g/mol. The lowest BCUT2D eigenvalue weighted by Gasteiger charge is -2.35. The highest BCUT2D eigenvalue weighted by molar-refractivity contribution is 6.07. The number of rotatable bonds is 1. The van der Waals surface area contributed by atoms with Gasteiger partial charge in [-0.25, -0.2) is 0 Å². The molecule has 0 saturated carbocycles. The molecule has 1 amide bonds. The summed E-state index contributed by atoms with van der Waals surface area (Å²) in [5.41, 5.74) is 0.837. The lowest BCUT2D eigenvalue weighted by Crippen LogP contribution is -2.42. The first kappa shape index (κ1) is 13.2. The van der Waals surface area contributed by atoms with Gasteiger partial charge in [0.15, 0.2) is 0 Å². The zero-order valence-electron chi connectivity index (χ0n) is 12.2. The minimum atomic E-state index is 0.181. The summed E-state index contributed by atoms with van der Waals surface area (Å²) in [5, 5.41) is 2.20. The standard InChI is InChI=1S/C18H21NO/c1-13-10-14(2)12-19(11-13)18(20)17-9-5-7-15-6-3-4-8-16(15)17/h3-9,13-14H,10-12H2,1-2H3/t13-,14+. The van der Waals surface area contributed by atoms with Crippen molar-refractivity contribution < 1.29 is 4.79 Å². The summed E-state index contributed by atoms with van der Waals surface area (Å²) in [4.78, 5) is 14.9. The monoisotopic (exact) mass is 267 g/mol. The Balaban J connectivity index is 1.96. The van der Waals surface area contributed by atoms with E-state index in [-0.39, 0.29) is 5.91 Å². The number of fused-ring (bicyclic) bond motifs is 1. The lowest BCUT2D eigenvalue weighted by molar-refractivity contribution is 0.0625. The number of carbonyl (C=O) groups excluding carboxylic acids is 1. The molecule has 1 aliphatic heterocycles. The Bertz CT molecular complexity index is 619. The number of hydrogen-bond donors (Lipinski definition) is 0. The summed E-state index contributed by atoms with van der Waals surface area (Å²) in [6.07, 6.45) is 1.22. The lowest BCUT2D eigenvalue weighted by atomic mass is 9.91. The van der Waals surface area contributed by atoms with Gasteiger partial charge in [-0.1, -0.05) is 50.2 Å². The first-order valence-corrected chi connectivity index (χ1v) is 7.42. The van der Waals surface area contributed by atoms with Crippen molar-refractivity contribution in [1.29, 1.82) is 0 Å². The molecule has 2 nitrogen and oxygen atoms in total. The van der Waals surface area contributed by atoms with E-state index in [4.69, 9.17) is 0 Å². The number of amides is 1. The van der Waals surface area contributed by atoms with E-state index in [1.54, 1.807) is 0 Å². The van der Waals surface area contributed by atoms with Crippen molar-refractivity contribution in [3.63, 3.8) is 0 Å². The number of likely N-dealkylation sites (tertiary alicyclic amines) is 1. The van der Waals surface area contributed by atoms with Crippen LogP contribution < -0.4 is 0 Å². The zero-order chi connectivity index (χ0) is 14.1. The molecule has 0 bridgehead atoms. The van der Waals surface area contributed by atoms with Gasteiger partial charge < -0.3 is 4.90 Å². The third-order valence-electron chi connectivity index (χ3n) is 4.18. The Morgan fingerprint density at radius 1 is 1.00 bits per heavy atom. The molecule has 2 aromatic carbocycles. The van der Waals surface area contributed by atoms with Crippen LogP contribution in [-0.4, -0.2) is 23.9 Å². The molecule has 3 rings (SSSR count). The van der Waals surface area contributed by atoms with E-state index in [2.05, 4.69) is 26.0 Å². The maximum Gasteiger partial charge on any atom is 0.254 e. The quantitative estimate of drug-likeness (QED) is 0.766. The summed E-state index contributed by atoms with van der Waals surface area (Å²) in [5.74, 6) is 1.37. The van der Waals surface area contributed by atoms with Gasteiger partial charge in [0.25, 0.3) is 5.91 Å². The van der Waals surface area contributed by atoms with E-state index in [0.29, 0.717) is 11.8 Å². The van der Waals surface area contributed by atoms with Crippen LogP contribution in [0.3, 0.4) is 0 Å². The maximum atomic E-state index is 12.8. The maximum absolute atomic E-state index is 12.8. The molecule has 0 aliphatic carbocycles. The topological polar surface area (TPSA) is 20.3 Å². The highest BCUT2D eigenvalue weighted by Gasteiger charge is 2.26. The third-order valence-corrected chi connectivity index (χ3v) is 4.18. The van der Waals surface area contributed by atoms with Crippen LogP contribution in [0, 0.1) is 11.8 Å². The second kappa shape index (κ2) is 5.28. The molecule has 1 fully saturated rings. The number of piperidine rings is 1. The van der Waals surface area contributed by atoms with Crippen molar-refractivity contribution in [3.8, 4) is 0 Å². The van der Waals surface area contributed by atoms with E-state index in [1.807, 2.05) is 35.2 Å². The van der Waals surface area contributed by atoms with Gasteiger partial charge in [0.2, 0.25) is 0 Å². The van der Waals surface area contributed by atoms with Crippen molar-refractivity contribution in [3.05, 3.63) is 48.0 Å². The Morgan fingerprint density at radius 3 is 2.40 bits per heavy atom. The average Bonchev–Trinajstić information content (AvgIpc) is 2.45. The summed E-state index contributed by atoms with van der Waals surface area (Å²) < 4.78 is 0. The van der Waals surface area contributed by atoms with Gasteiger partial charge in [-0.2, -0.15) is 0 Å². The van der Waals surface area contributed by atoms with Gasteiger partial charge in [0, 0.05) is 18.7 Å². The highest BCUT2D eigenvalue weighted by atomic mass is 16.2. The molecular weight excluding hydrogens is 246 g/mol. The zero-order valence-corrected chi connectivity index (χ0v) is 12.2. The molecule has 2 aromatic rings. The Hall–Kier alpha value is -1.83. The molecule has 0 aromatic heterocycles. The van der Waals surface area contributed by atoms with E-state index >= 15 is 0 Å². The Labute approximate surface area is 120 Å². The third kappa shape index (κ3) is 2.43. The second-order valence-corrected chi connectivity index (χ2v) is 6.18. The van der Waals surface area contributed by atoms with Crippen LogP contribution in [0.2, 0.25) is 0 Å². The summed E-state index contributed by atoms with van der Waals surface area (Å²) in [6, 6.07) is 14.1. The van der Waals surface area contributed by atoms with Crippen LogP contribution in [0.25, 0.3) is 10.8 Å². The molecule has 104 valence electrons. The summed E-state index contributed by atoms with van der Waals surface area (Å²) in [7, 11) is 0. The molecule has 0 N–H and O–H groups in total. The fourth-order valence-electron chi connectivity index (χ4n) is 3.41. The van der Waals surface area contributed by atoms with Crippen LogP contribution in [-0.2, 0) is 0 Å². The van der Waals surface area contributed by atoms with E-state index in [0.717, 1.165) is 29.4 Å². The van der Waals surface area contributed by atoms with Gasteiger partial charge in [0.1, 0.15) is 0 Å². The fourth-order valence-corrected chi connectivity index (χ4v) is 3.41. The Morgan fingerprint density at radius 2 is 1.65 bits per heavy atom. The first-order chi connectivity index (χ1) is 9.65. The molecule has 1 saturated heterocycles. The van der Waals surface area contributed by atoms with Gasteiger partial charge in [0.05, 0.1) is 0 Å². The molecule has 1 aliphatic rings. The predicted octanol–water partition coefficient (Wildman–Crippen LogP) is 3.96. The van der Waals surface area contributed by atoms with Gasteiger partial charge in [-0.05, 0) is 35.1 Å². The smallest absolute Gasteiger partial charge is 0.254 e. The summed E-state index contributed by atoms with van der Waals surface area (Å²) >= 11 is 0. The molecule has 20 heavy (non-hydrogen) atoms. The fraction of sp³-hybridized carbons (Fsp3) is 0.389. The molecule has 0 radical (unpaired) electrons. The van der Waals surface area contributed by atoms with Crippen LogP contribution in [0.1, 0.15) is 30.6 Å². The molecular formula is C18H21NO. The van der Waals surface area contributed by atoms with E-state index in [1.165, 1.54) is 6.42 Å². The van der Waals surface area contributed by atoms with Crippen LogP contribution in [0.15, 0.2) is 42.5 Å². The number of carbonyl (C=O) groups is 1. The number of hydrogen-bond acceptors (Lipinski definition) is 1. The van der Waals surface area contributed by atoms with E-state index < -0.39 is 0 Å². The largest absolute Gasteiger partial charge is 0.338 e. The molecule has 2 heteroatoms. The Kier molecular flexibility index (Phi) is 3.47. The highest BCUT2D eigenvalue weighted by Crippen LogP contribution is 2.25. The van der Waals surface area contributed by atoms with Crippen molar-refractivity contribution >= 4 is 16.7 Å². The van der Waals surface area contributed by atoms with Gasteiger partial charge in [-0.3, -0.25) is 4.79 Å². The van der Waals surface area contributed by atoms with Crippen molar-refractivity contribution in [2.24, 2.45) is 11.8 Å². The van der Waals surface area contributed by atoms with Crippen molar-refractivity contribution in [2.75, 3.05) is 13.1 Å². The molecule has 0 unspecified atom stereocenters. The number of nitrogens with zero attached hydrogens (tertiary/aromatic N) is 1. The minimum absolute atomic E-state index is 0.181.